The summed E-state index contributed by atoms with van der Waals surface area (Å²) in [4.78, 5) is 39.2. The molecular formula is C25H29N3O6S. The highest BCUT2D eigenvalue weighted by molar-refractivity contribution is 7.89. The molecule has 0 aromatic heterocycles. The maximum atomic E-state index is 13.1. The van der Waals surface area contributed by atoms with Crippen LogP contribution in [0, 0.1) is 6.92 Å². The number of nitrogens with one attached hydrogen (secondary N) is 1. The van der Waals surface area contributed by atoms with Crippen LogP contribution in [0.5, 0.6) is 5.75 Å². The highest BCUT2D eigenvalue weighted by atomic mass is 32.2. The normalized spacial score (nSPS) is 16.3. The number of piperidine rings is 1. The van der Waals surface area contributed by atoms with Gasteiger partial charge in [0.05, 0.1) is 28.3 Å². The van der Waals surface area contributed by atoms with Crippen LogP contribution in [0.25, 0.3) is 0 Å². The third-order valence-corrected chi connectivity index (χ3v) is 8.06. The fourth-order valence-corrected chi connectivity index (χ4v) is 5.88. The van der Waals surface area contributed by atoms with Crippen molar-refractivity contribution < 1.29 is 27.5 Å². The minimum Gasteiger partial charge on any atom is -0.492 e. The predicted octanol–water partition coefficient (Wildman–Crippen LogP) is 3.19. The second-order valence-corrected chi connectivity index (χ2v) is 10.6. The van der Waals surface area contributed by atoms with Crippen LogP contribution in [-0.4, -0.2) is 61.6 Å². The summed E-state index contributed by atoms with van der Waals surface area (Å²) in [7, 11) is -3.70. The summed E-state index contributed by atoms with van der Waals surface area (Å²) < 4.78 is 33.2. The van der Waals surface area contributed by atoms with Crippen LogP contribution in [0.1, 0.15) is 58.9 Å². The van der Waals surface area contributed by atoms with E-state index < -0.39 is 27.7 Å². The van der Waals surface area contributed by atoms with E-state index in [1.165, 1.54) is 22.5 Å². The SMILES string of the molecule is CCOc1ccc(S(=O)(=O)N2CCCCC2)cc1NC(=O)CCN1C(=O)c2ccc(C)cc2C1=O. The molecule has 9 nitrogen and oxygen atoms in total. The minimum absolute atomic E-state index is 0.0777. The van der Waals surface area contributed by atoms with Gasteiger partial charge in [0, 0.05) is 26.1 Å². The molecule has 35 heavy (non-hydrogen) atoms. The molecule has 10 heteroatoms. The summed E-state index contributed by atoms with van der Waals surface area (Å²) in [5.74, 6) is -0.977. The Bertz CT molecular complexity index is 1270. The molecule has 2 heterocycles. The van der Waals surface area contributed by atoms with Gasteiger partial charge in [0.2, 0.25) is 15.9 Å². The Kier molecular flexibility index (Phi) is 7.23. The Morgan fingerprint density at radius 2 is 1.71 bits per heavy atom. The van der Waals surface area contributed by atoms with Gasteiger partial charge in [-0.25, -0.2) is 8.42 Å². The number of sulfonamides is 1. The van der Waals surface area contributed by atoms with Crippen LogP contribution in [0.15, 0.2) is 41.3 Å². The van der Waals surface area contributed by atoms with Crippen LogP contribution in [0.4, 0.5) is 5.69 Å². The molecule has 1 N–H and O–H groups in total. The molecule has 4 rings (SSSR count). The molecule has 0 spiro atoms. The molecule has 0 saturated carbocycles. The Morgan fingerprint density at radius 3 is 2.43 bits per heavy atom. The first-order valence-corrected chi connectivity index (χ1v) is 13.2. The lowest BCUT2D eigenvalue weighted by Crippen LogP contribution is -2.35. The summed E-state index contributed by atoms with van der Waals surface area (Å²) in [6.07, 6.45) is 2.50. The Balaban J connectivity index is 1.48. The number of anilines is 1. The molecule has 0 atom stereocenters. The van der Waals surface area contributed by atoms with E-state index >= 15 is 0 Å². The van der Waals surface area contributed by atoms with Crippen LogP contribution in [0.3, 0.4) is 0 Å². The van der Waals surface area contributed by atoms with Gasteiger partial charge in [-0.05, 0) is 57.0 Å². The van der Waals surface area contributed by atoms with Crippen molar-refractivity contribution in [3.8, 4) is 5.75 Å². The van der Waals surface area contributed by atoms with E-state index in [2.05, 4.69) is 5.32 Å². The predicted molar refractivity (Wildman–Crippen MR) is 130 cm³/mol. The van der Waals surface area contributed by atoms with Gasteiger partial charge >= 0.3 is 0 Å². The Hall–Kier alpha value is -3.24. The van der Waals surface area contributed by atoms with E-state index in [1.54, 1.807) is 25.1 Å². The van der Waals surface area contributed by atoms with Crippen molar-refractivity contribution in [2.24, 2.45) is 0 Å². The number of nitrogens with zero attached hydrogens (tertiary/aromatic N) is 2. The van der Waals surface area contributed by atoms with Crippen molar-refractivity contribution in [1.82, 2.24) is 9.21 Å². The van der Waals surface area contributed by atoms with E-state index in [0.717, 1.165) is 29.7 Å². The lowest BCUT2D eigenvalue weighted by atomic mass is 10.1. The zero-order valence-electron chi connectivity index (χ0n) is 19.9. The number of imide groups is 1. The average Bonchev–Trinajstić information content (AvgIpc) is 3.08. The van der Waals surface area contributed by atoms with Gasteiger partial charge in [-0.3, -0.25) is 19.3 Å². The second-order valence-electron chi connectivity index (χ2n) is 8.66. The number of hydrogen-bond donors (Lipinski definition) is 1. The lowest BCUT2D eigenvalue weighted by molar-refractivity contribution is -0.116. The summed E-state index contributed by atoms with van der Waals surface area (Å²) >= 11 is 0. The van der Waals surface area contributed by atoms with Gasteiger partial charge in [-0.2, -0.15) is 4.31 Å². The number of aryl methyl sites for hydroxylation is 1. The molecule has 0 radical (unpaired) electrons. The van der Waals surface area contributed by atoms with Crippen LogP contribution in [0.2, 0.25) is 0 Å². The third kappa shape index (κ3) is 5.08. The van der Waals surface area contributed by atoms with Crippen molar-refractivity contribution in [3.63, 3.8) is 0 Å². The van der Waals surface area contributed by atoms with E-state index in [4.69, 9.17) is 4.74 Å². The Labute approximate surface area is 205 Å². The summed E-state index contributed by atoms with van der Waals surface area (Å²) in [5.41, 5.74) is 1.76. The third-order valence-electron chi connectivity index (χ3n) is 6.17. The largest absolute Gasteiger partial charge is 0.492 e. The fraction of sp³-hybridized carbons (Fsp3) is 0.400. The molecule has 1 saturated heterocycles. The monoisotopic (exact) mass is 499 g/mol. The fourth-order valence-electron chi connectivity index (χ4n) is 4.34. The van der Waals surface area contributed by atoms with E-state index in [-0.39, 0.29) is 23.5 Å². The first kappa shape index (κ1) is 24.9. The van der Waals surface area contributed by atoms with Crippen molar-refractivity contribution >= 4 is 33.4 Å². The number of rotatable bonds is 8. The summed E-state index contributed by atoms with van der Waals surface area (Å²) in [5, 5.41) is 2.70. The van der Waals surface area contributed by atoms with Gasteiger partial charge in [0.25, 0.3) is 11.8 Å². The number of benzene rings is 2. The molecule has 3 amide bonds. The number of hydrogen-bond acceptors (Lipinski definition) is 6. The molecule has 2 aromatic carbocycles. The number of carbonyl (C=O) groups excluding carboxylic acids is 3. The molecular weight excluding hydrogens is 470 g/mol. The maximum absolute atomic E-state index is 13.1. The number of ether oxygens (including phenoxy) is 1. The standard InChI is InChI=1S/C25H29N3O6S/c1-3-34-22-10-8-18(35(32,33)27-12-5-4-6-13-27)16-21(22)26-23(29)11-14-28-24(30)19-9-7-17(2)15-20(19)25(28)31/h7-10,15-16H,3-6,11-14H2,1-2H3,(H,26,29). The summed E-state index contributed by atoms with van der Waals surface area (Å²) in [6, 6.07) is 9.46. The van der Waals surface area contributed by atoms with Crippen LogP contribution >= 0.6 is 0 Å². The first-order valence-electron chi connectivity index (χ1n) is 11.8. The van der Waals surface area contributed by atoms with Gasteiger partial charge in [0.15, 0.2) is 0 Å². The molecule has 2 aromatic rings. The summed E-state index contributed by atoms with van der Waals surface area (Å²) in [6.45, 7) is 4.80. The molecule has 0 aliphatic carbocycles. The molecule has 186 valence electrons. The quantitative estimate of drug-likeness (QED) is 0.558. The number of fused-ring (bicyclic) bond motifs is 1. The zero-order chi connectivity index (χ0) is 25.2. The smallest absolute Gasteiger partial charge is 0.261 e. The number of carbonyl (C=O) groups is 3. The van der Waals surface area contributed by atoms with Gasteiger partial charge in [-0.15, -0.1) is 0 Å². The van der Waals surface area contributed by atoms with Gasteiger partial charge in [0.1, 0.15) is 5.75 Å². The van der Waals surface area contributed by atoms with Crippen molar-refractivity contribution in [3.05, 3.63) is 53.1 Å². The van der Waals surface area contributed by atoms with Crippen LogP contribution in [-0.2, 0) is 14.8 Å². The maximum Gasteiger partial charge on any atom is 0.261 e. The zero-order valence-corrected chi connectivity index (χ0v) is 20.7. The molecule has 0 bridgehead atoms. The molecule has 0 unspecified atom stereocenters. The van der Waals surface area contributed by atoms with E-state index in [1.807, 2.05) is 6.92 Å². The van der Waals surface area contributed by atoms with E-state index in [9.17, 15) is 22.8 Å². The average molecular weight is 500 g/mol. The van der Waals surface area contributed by atoms with Crippen molar-refractivity contribution in [2.75, 3.05) is 31.6 Å². The van der Waals surface area contributed by atoms with Crippen LogP contribution < -0.4 is 10.1 Å². The molecule has 1 fully saturated rings. The highest BCUT2D eigenvalue weighted by Gasteiger charge is 2.35. The van der Waals surface area contributed by atoms with Gasteiger partial charge < -0.3 is 10.1 Å². The second kappa shape index (κ2) is 10.2. The molecule has 2 aliphatic rings. The highest BCUT2D eigenvalue weighted by Crippen LogP contribution is 2.31. The van der Waals surface area contributed by atoms with E-state index in [0.29, 0.717) is 36.6 Å². The first-order chi connectivity index (χ1) is 16.7. The Morgan fingerprint density at radius 1 is 1.00 bits per heavy atom. The minimum atomic E-state index is -3.70. The lowest BCUT2D eigenvalue weighted by Gasteiger charge is -2.26. The van der Waals surface area contributed by atoms with Crippen molar-refractivity contribution in [1.29, 1.82) is 0 Å². The van der Waals surface area contributed by atoms with Gasteiger partial charge in [-0.1, -0.05) is 18.1 Å². The topological polar surface area (TPSA) is 113 Å². The molecule has 2 aliphatic heterocycles. The van der Waals surface area contributed by atoms with Crippen molar-refractivity contribution in [2.45, 2.75) is 44.4 Å². The number of amides is 3.